The summed E-state index contributed by atoms with van der Waals surface area (Å²) in [5.41, 5.74) is 1.31. The van der Waals surface area contributed by atoms with Crippen molar-refractivity contribution in [3.63, 3.8) is 0 Å². The van der Waals surface area contributed by atoms with Crippen LogP contribution in [0.1, 0.15) is 38.7 Å². The van der Waals surface area contributed by atoms with Crippen molar-refractivity contribution in [3.8, 4) is 11.5 Å². The summed E-state index contributed by atoms with van der Waals surface area (Å²) in [6.45, 7) is 6.91. The van der Waals surface area contributed by atoms with Gasteiger partial charge >= 0.3 is 0 Å². The molecule has 1 aliphatic rings. The van der Waals surface area contributed by atoms with Crippen molar-refractivity contribution in [2.24, 2.45) is 0 Å². The van der Waals surface area contributed by atoms with Gasteiger partial charge in [-0.2, -0.15) is 0 Å². The molecule has 112 valence electrons. The smallest absolute Gasteiger partial charge is 0.175 e. The topological polar surface area (TPSA) is 30.5 Å². The fraction of sp³-hybridized carbons (Fsp3) is 0.625. The van der Waals surface area contributed by atoms with E-state index in [1.54, 1.807) is 0 Å². The summed E-state index contributed by atoms with van der Waals surface area (Å²) in [6, 6.07) is 4.85. The first kappa shape index (κ1) is 15.6. The predicted molar refractivity (Wildman–Crippen MR) is 85.8 cm³/mol. The maximum atomic E-state index is 5.76. The van der Waals surface area contributed by atoms with Crippen molar-refractivity contribution in [2.75, 3.05) is 19.8 Å². The van der Waals surface area contributed by atoms with E-state index in [1.165, 1.54) is 18.4 Å². The van der Waals surface area contributed by atoms with E-state index < -0.39 is 0 Å². The molecule has 20 heavy (non-hydrogen) atoms. The van der Waals surface area contributed by atoms with Crippen LogP contribution >= 0.6 is 15.9 Å². The first-order chi connectivity index (χ1) is 9.66. The van der Waals surface area contributed by atoms with Crippen LogP contribution < -0.4 is 14.8 Å². The van der Waals surface area contributed by atoms with Gasteiger partial charge in [0, 0.05) is 12.5 Å². The molecule has 0 aliphatic carbocycles. The third kappa shape index (κ3) is 4.67. The van der Waals surface area contributed by atoms with Crippen LogP contribution in [0.15, 0.2) is 16.6 Å². The van der Waals surface area contributed by atoms with Gasteiger partial charge in [-0.1, -0.05) is 13.8 Å². The molecule has 0 unspecified atom stereocenters. The molecule has 3 nitrogen and oxygen atoms in total. The van der Waals surface area contributed by atoms with Gasteiger partial charge in [0.1, 0.15) is 0 Å². The minimum Gasteiger partial charge on any atom is -0.490 e. The zero-order valence-electron chi connectivity index (χ0n) is 12.4. The minimum absolute atomic E-state index is 0.571. The lowest BCUT2D eigenvalue weighted by molar-refractivity contribution is 0.296. The lowest BCUT2D eigenvalue weighted by Gasteiger charge is -2.12. The molecule has 1 aromatic rings. The Balaban J connectivity index is 1.89. The number of unbranched alkanes of at least 4 members (excludes halogenated alkanes) is 1. The van der Waals surface area contributed by atoms with Crippen molar-refractivity contribution in [1.29, 1.82) is 0 Å². The standard InChI is InChI=1S/C16H24BrNO2/c1-12(2)18-7-4-3-6-13-10-14(17)16-15(11-13)19-8-5-9-20-16/h10-12,18H,3-9H2,1-2H3. The van der Waals surface area contributed by atoms with Crippen LogP contribution in [0.2, 0.25) is 0 Å². The average Bonchev–Trinajstić information content (AvgIpc) is 2.63. The zero-order valence-corrected chi connectivity index (χ0v) is 14.0. The highest BCUT2D eigenvalue weighted by atomic mass is 79.9. The molecule has 2 rings (SSSR count). The third-order valence-electron chi connectivity index (χ3n) is 3.31. The van der Waals surface area contributed by atoms with Crippen molar-refractivity contribution in [2.45, 2.75) is 45.6 Å². The van der Waals surface area contributed by atoms with E-state index in [2.05, 4.69) is 47.2 Å². The normalized spacial score (nSPS) is 14.4. The van der Waals surface area contributed by atoms with E-state index in [1.807, 2.05) is 0 Å². The molecular formula is C16H24BrNO2. The molecule has 1 aromatic carbocycles. The highest BCUT2D eigenvalue weighted by molar-refractivity contribution is 9.10. The summed E-state index contributed by atoms with van der Waals surface area (Å²) in [4.78, 5) is 0. The highest BCUT2D eigenvalue weighted by Crippen LogP contribution is 2.38. The van der Waals surface area contributed by atoms with Crippen LogP contribution in [0.25, 0.3) is 0 Å². The molecule has 0 bridgehead atoms. The summed E-state index contributed by atoms with van der Waals surface area (Å²) in [5, 5.41) is 3.45. The Bertz CT molecular complexity index is 435. The number of halogens is 1. The Morgan fingerprint density at radius 2 is 2.00 bits per heavy atom. The number of aryl methyl sites for hydroxylation is 1. The number of hydrogen-bond donors (Lipinski definition) is 1. The molecule has 0 aromatic heterocycles. The van der Waals surface area contributed by atoms with Gasteiger partial charge in [-0.05, 0) is 59.4 Å². The Labute approximate surface area is 130 Å². The number of rotatable bonds is 6. The van der Waals surface area contributed by atoms with Crippen molar-refractivity contribution in [3.05, 3.63) is 22.2 Å². The molecule has 0 spiro atoms. The number of benzene rings is 1. The van der Waals surface area contributed by atoms with Crippen LogP contribution in [0.5, 0.6) is 11.5 Å². The zero-order chi connectivity index (χ0) is 14.4. The Kier molecular flexibility index (Phi) is 6.17. The SMILES string of the molecule is CC(C)NCCCCc1cc(Br)c2c(c1)OCCCO2. The molecule has 0 fully saturated rings. The van der Waals surface area contributed by atoms with Gasteiger partial charge in [0.25, 0.3) is 0 Å². The van der Waals surface area contributed by atoms with Crippen molar-refractivity contribution < 1.29 is 9.47 Å². The number of hydrogen-bond acceptors (Lipinski definition) is 3. The molecule has 0 saturated carbocycles. The first-order valence-corrected chi connectivity index (χ1v) is 8.27. The lowest BCUT2D eigenvalue weighted by Crippen LogP contribution is -2.23. The predicted octanol–water partition coefficient (Wildman–Crippen LogP) is 3.93. The van der Waals surface area contributed by atoms with Crippen molar-refractivity contribution in [1.82, 2.24) is 5.32 Å². The number of fused-ring (bicyclic) bond motifs is 1. The van der Waals surface area contributed by atoms with Crippen LogP contribution in [0, 0.1) is 0 Å². The first-order valence-electron chi connectivity index (χ1n) is 7.48. The highest BCUT2D eigenvalue weighted by Gasteiger charge is 2.15. The average molecular weight is 342 g/mol. The fourth-order valence-electron chi connectivity index (χ4n) is 2.27. The summed E-state index contributed by atoms with van der Waals surface area (Å²) in [5.74, 6) is 1.74. The second-order valence-electron chi connectivity index (χ2n) is 5.52. The van der Waals surface area contributed by atoms with Gasteiger partial charge in [-0.15, -0.1) is 0 Å². The van der Waals surface area contributed by atoms with Gasteiger partial charge in [0.2, 0.25) is 0 Å². The van der Waals surface area contributed by atoms with E-state index in [0.717, 1.165) is 48.6 Å². The molecular weight excluding hydrogens is 318 g/mol. The quantitative estimate of drug-likeness (QED) is 0.795. The van der Waals surface area contributed by atoms with Crippen LogP contribution in [-0.2, 0) is 6.42 Å². The minimum atomic E-state index is 0.571. The van der Waals surface area contributed by atoms with Gasteiger partial charge in [-0.3, -0.25) is 0 Å². The van der Waals surface area contributed by atoms with Crippen molar-refractivity contribution >= 4 is 15.9 Å². The molecule has 1 heterocycles. The molecule has 0 amide bonds. The molecule has 0 radical (unpaired) electrons. The van der Waals surface area contributed by atoms with Crippen LogP contribution in [-0.4, -0.2) is 25.8 Å². The summed E-state index contributed by atoms with van der Waals surface area (Å²) < 4.78 is 12.5. The Morgan fingerprint density at radius 3 is 2.80 bits per heavy atom. The number of ether oxygens (including phenoxy) is 2. The second kappa shape index (κ2) is 7.89. The molecule has 0 saturated heterocycles. The fourth-order valence-corrected chi connectivity index (χ4v) is 2.88. The molecule has 4 heteroatoms. The van der Waals surface area contributed by atoms with E-state index >= 15 is 0 Å². The van der Waals surface area contributed by atoms with E-state index in [4.69, 9.17) is 9.47 Å². The Hall–Kier alpha value is -0.740. The number of nitrogens with one attached hydrogen (secondary N) is 1. The summed E-state index contributed by atoms with van der Waals surface area (Å²) >= 11 is 3.59. The van der Waals surface area contributed by atoms with Gasteiger partial charge in [0.15, 0.2) is 11.5 Å². The van der Waals surface area contributed by atoms with Gasteiger partial charge < -0.3 is 14.8 Å². The van der Waals surface area contributed by atoms with Crippen LogP contribution in [0.3, 0.4) is 0 Å². The van der Waals surface area contributed by atoms with Crippen LogP contribution in [0.4, 0.5) is 0 Å². The molecule has 1 aliphatic heterocycles. The second-order valence-corrected chi connectivity index (χ2v) is 6.38. The van der Waals surface area contributed by atoms with E-state index in [9.17, 15) is 0 Å². The van der Waals surface area contributed by atoms with E-state index in [0.29, 0.717) is 6.04 Å². The third-order valence-corrected chi connectivity index (χ3v) is 3.90. The lowest BCUT2D eigenvalue weighted by atomic mass is 10.1. The maximum absolute atomic E-state index is 5.76. The summed E-state index contributed by atoms with van der Waals surface area (Å²) in [7, 11) is 0. The van der Waals surface area contributed by atoms with E-state index in [-0.39, 0.29) is 0 Å². The maximum Gasteiger partial charge on any atom is 0.175 e. The monoisotopic (exact) mass is 341 g/mol. The van der Waals surface area contributed by atoms with Gasteiger partial charge in [-0.25, -0.2) is 0 Å². The molecule has 0 atom stereocenters. The summed E-state index contributed by atoms with van der Waals surface area (Å²) in [6.07, 6.45) is 4.41. The largest absolute Gasteiger partial charge is 0.490 e. The van der Waals surface area contributed by atoms with Gasteiger partial charge in [0.05, 0.1) is 17.7 Å². The Morgan fingerprint density at radius 1 is 1.20 bits per heavy atom. The molecule has 1 N–H and O–H groups in total.